The van der Waals surface area contributed by atoms with Gasteiger partial charge in [-0.3, -0.25) is 9.59 Å². The van der Waals surface area contributed by atoms with Crippen LogP contribution in [0.5, 0.6) is 0 Å². The fourth-order valence-corrected chi connectivity index (χ4v) is 4.08. The number of likely N-dealkylation sites (N-methyl/N-ethyl adjacent to an activating group) is 3. The molecule has 2 aromatic carbocycles. The van der Waals surface area contributed by atoms with Crippen LogP contribution in [0.1, 0.15) is 24.0 Å². The van der Waals surface area contributed by atoms with Crippen LogP contribution in [0.15, 0.2) is 54.6 Å². The highest BCUT2D eigenvalue weighted by Gasteiger charge is 2.49. The summed E-state index contributed by atoms with van der Waals surface area (Å²) in [5.41, 5.74) is 2.38. The number of hydrogen-bond donors (Lipinski definition) is 1. The van der Waals surface area contributed by atoms with Crippen molar-refractivity contribution in [3.8, 4) is 0 Å². The van der Waals surface area contributed by atoms with Gasteiger partial charge in [0.05, 0.1) is 5.41 Å². The average Bonchev–Trinajstić information content (AvgIpc) is 2.93. The maximum Gasteiger partial charge on any atom is 0.237 e. The molecule has 1 aliphatic rings. The molecule has 0 spiro atoms. The van der Waals surface area contributed by atoms with Gasteiger partial charge in [-0.1, -0.05) is 48.5 Å². The Hall–Kier alpha value is -2.66. The first-order chi connectivity index (χ1) is 13.5. The number of nitrogens with one attached hydrogen (secondary N) is 1. The zero-order valence-corrected chi connectivity index (χ0v) is 16.9. The molecule has 1 aliphatic heterocycles. The van der Waals surface area contributed by atoms with Crippen molar-refractivity contribution >= 4 is 17.5 Å². The van der Waals surface area contributed by atoms with Gasteiger partial charge >= 0.3 is 0 Å². The van der Waals surface area contributed by atoms with Crippen molar-refractivity contribution in [1.82, 2.24) is 10.2 Å². The van der Waals surface area contributed by atoms with Crippen molar-refractivity contribution in [2.24, 2.45) is 0 Å². The van der Waals surface area contributed by atoms with Gasteiger partial charge in [-0.2, -0.15) is 0 Å². The summed E-state index contributed by atoms with van der Waals surface area (Å²) < 4.78 is 0. The third kappa shape index (κ3) is 3.80. The van der Waals surface area contributed by atoms with E-state index < -0.39 is 5.41 Å². The lowest BCUT2D eigenvalue weighted by atomic mass is 9.73. The molecule has 1 N–H and O–H groups in total. The summed E-state index contributed by atoms with van der Waals surface area (Å²) in [5.74, 6) is 0.144. The number of fused-ring (bicyclic) bond motifs is 1. The molecule has 3 rings (SSSR count). The monoisotopic (exact) mass is 379 g/mol. The summed E-state index contributed by atoms with van der Waals surface area (Å²) in [6, 6.07) is 18.0. The second-order valence-electron chi connectivity index (χ2n) is 7.54. The number of nitrogens with zero attached hydrogens (tertiary/aromatic N) is 2. The summed E-state index contributed by atoms with van der Waals surface area (Å²) in [6.07, 6.45) is 1.45. The average molecular weight is 380 g/mol. The van der Waals surface area contributed by atoms with Crippen LogP contribution < -0.4 is 10.2 Å². The molecule has 0 unspecified atom stereocenters. The zero-order chi connectivity index (χ0) is 20.1. The molecule has 2 amide bonds. The Morgan fingerprint density at radius 2 is 1.79 bits per heavy atom. The highest BCUT2D eigenvalue weighted by molar-refractivity contribution is 6.08. The molecule has 0 saturated heterocycles. The van der Waals surface area contributed by atoms with E-state index in [-0.39, 0.29) is 11.8 Å². The minimum absolute atomic E-state index is 0.0718. The van der Waals surface area contributed by atoms with Gasteiger partial charge in [0, 0.05) is 39.3 Å². The lowest BCUT2D eigenvalue weighted by Gasteiger charge is -2.29. The van der Waals surface area contributed by atoms with Crippen LogP contribution >= 0.6 is 0 Å². The SMILES string of the molecule is CNCCN(C)C(=O)CC[C@@]1(Cc2ccccc2)C(=O)N(C)c2ccccc21. The van der Waals surface area contributed by atoms with Crippen LogP contribution in [-0.4, -0.2) is 50.9 Å². The van der Waals surface area contributed by atoms with Gasteiger partial charge in [0.15, 0.2) is 0 Å². The van der Waals surface area contributed by atoms with Crippen molar-refractivity contribution in [1.29, 1.82) is 0 Å². The van der Waals surface area contributed by atoms with Crippen molar-refractivity contribution in [3.63, 3.8) is 0 Å². The van der Waals surface area contributed by atoms with Crippen LogP contribution in [0.3, 0.4) is 0 Å². The molecule has 0 bridgehead atoms. The van der Waals surface area contributed by atoms with Crippen molar-refractivity contribution in [3.05, 3.63) is 65.7 Å². The molecular formula is C23H29N3O2. The summed E-state index contributed by atoms with van der Waals surface area (Å²) in [6.45, 7) is 1.41. The second-order valence-corrected chi connectivity index (χ2v) is 7.54. The molecule has 0 aliphatic carbocycles. The van der Waals surface area contributed by atoms with E-state index in [1.54, 1.807) is 9.80 Å². The molecule has 148 valence electrons. The number of rotatable bonds is 8. The second kappa shape index (κ2) is 8.57. The maximum atomic E-state index is 13.4. The fraction of sp³-hybridized carbons (Fsp3) is 0.391. The highest BCUT2D eigenvalue weighted by atomic mass is 16.2. The Balaban J connectivity index is 1.91. The first-order valence-electron chi connectivity index (χ1n) is 9.80. The lowest BCUT2D eigenvalue weighted by Crippen LogP contribution is -2.42. The Kier molecular flexibility index (Phi) is 6.15. The number of para-hydroxylation sites is 1. The number of amides is 2. The summed E-state index contributed by atoms with van der Waals surface area (Å²) in [5, 5.41) is 3.06. The van der Waals surface area contributed by atoms with Crippen LogP contribution in [0.2, 0.25) is 0 Å². The Morgan fingerprint density at radius 1 is 1.11 bits per heavy atom. The van der Waals surface area contributed by atoms with E-state index in [4.69, 9.17) is 0 Å². The van der Waals surface area contributed by atoms with Crippen LogP contribution in [0.4, 0.5) is 5.69 Å². The fourth-order valence-electron chi connectivity index (χ4n) is 4.08. The molecule has 1 heterocycles. The number of anilines is 1. The first kappa shape index (κ1) is 20.1. The molecule has 28 heavy (non-hydrogen) atoms. The molecular weight excluding hydrogens is 350 g/mol. The van der Waals surface area contributed by atoms with Crippen molar-refractivity contribution in [2.75, 3.05) is 39.1 Å². The third-order valence-corrected chi connectivity index (χ3v) is 5.73. The predicted molar refractivity (Wildman–Crippen MR) is 112 cm³/mol. The minimum Gasteiger partial charge on any atom is -0.344 e. The molecule has 0 fully saturated rings. The molecule has 2 aromatic rings. The topological polar surface area (TPSA) is 52.7 Å². The molecule has 5 nitrogen and oxygen atoms in total. The first-order valence-corrected chi connectivity index (χ1v) is 9.80. The van der Waals surface area contributed by atoms with Crippen LogP contribution in [0, 0.1) is 0 Å². The van der Waals surface area contributed by atoms with E-state index in [1.165, 1.54) is 0 Å². The Bertz CT molecular complexity index is 837. The molecule has 1 atom stereocenters. The Labute approximate surface area is 167 Å². The van der Waals surface area contributed by atoms with E-state index in [2.05, 4.69) is 17.4 Å². The standard InChI is InChI=1S/C23H29N3O2/c1-24-15-16-25(2)21(27)13-14-23(17-18-9-5-4-6-10-18)19-11-7-8-12-20(19)26(3)22(23)28/h4-12,24H,13-17H2,1-3H3/t23-/m0/s1. The normalized spacial score (nSPS) is 18.2. The van der Waals surface area contributed by atoms with Gasteiger partial charge in [0.25, 0.3) is 0 Å². The van der Waals surface area contributed by atoms with Gasteiger partial charge in [0.1, 0.15) is 0 Å². The zero-order valence-electron chi connectivity index (χ0n) is 16.9. The molecule has 0 radical (unpaired) electrons. The van der Waals surface area contributed by atoms with Gasteiger partial charge in [-0.15, -0.1) is 0 Å². The van der Waals surface area contributed by atoms with E-state index in [1.807, 2.05) is 63.6 Å². The third-order valence-electron chi connectivity index (χ3n) is 5.73. The highest BCUT2D eigenvalue weighted by Crippen LogP contribution is 2.46. The number of carbonyl (C=O) groups is 2. The van der Waals surface area contributed by atoms with E-state index in [0.29, 0.717) is 25.8 Å². The maximum absolute atomic E-state index is 13.4. The molecule has 0 aromatic heterocycles. The Morgan fingerprint density at radius 3 is 2.50 bits per heavy atom. The van der Waals surface area contributed by atoms with Gasteiger partial charge in [-0.25, -0.2) is 0 Å². The number of carbonyl (C=O) groups excluding carboxylic acids is 2. The van der Waals surface area contributed by atoms with E-state index >= 15 is 0 Å². The summed E-state index contributed by atoms with van der Waals surface area (Å²) in [7, 11) is 5.52. The molecule has 0 saturated carbocycles. The van der Waals surface area contributed by atoms with Crippen molar-refractivity contribution in [2.45, 2.75) is 24.7 Å². The van der Waals surface area contributed by atoms with Gasteiger partial charge in [0.2, 0.25) is 11.8 Å². The predicted octanol–water partition coefficient (Wildman–Crippen LogP) is 2.60. The largest absolute Gasteiger partial charge is 0.344 e. The van der Waals surface area contributed by atoms with Crippen LogP contribution in [0.25, 0.3) is 0 Å². The van der Waals surface area contributed by atoms with Crippen molar-refractivity contribution < 1.29 is 9.59 Å². The minimum atomic E-state index is -0.702. The van der Waals surface area contributed by atoms with E-state index in [9.17, 15) is 9.59 Å². The smallest absolute Gasteiger partial charge is 0.237 e. The molecule has 5 heteroatoms. The number of hydrogen-bond acceptors (Lipinski definition) is 3. The quantitative estimate of drug-likeness (QED) is 0.767. The summed E-state index contributed by atoms with van der Waals surface area (Å²) >= 11 is 0. The van der Waals surface area contributed by atoms with Crippen LogP contribution in [-0.2, 0) is 21.4 Å². The van der Waals surface area contributed by atoms with Gasteiger partial charge in [-0.05, 0) is 37.1 Å². The number of benzene rings is 2. The lowest BCUT2D eigenvalue weighted by molar-refractivity contribution is -0.130. The summed E-state index contributed by atoms with van der Waals surface area (Å²) in [4.78, 5) is 29.6. The van der Waals surface area contributed by atoms with E-state index in [0.717, 1.165) is 23.4 Å². The van der Waals surface area contributed by atoms with Gasteiger partial charge < -0.3 is 15.1 Å².